The Morgan fingerprint density at radius 1 is 1.60 bits per heavy atom. The summed E-state index contributed by atoms with van der Waals surface area (Å²) in [5.74, 6) is 1.00. The molecule has 1 aromatic rings. The van der Waals surface area contributed by atoms with Gasteiger partial charge in [-0.3, -0.25) is 4.79 Å². The molecule has 0 fully saturated rings. The van der Waals surface area contributed by atoms with Crippen LogP contribution in [0.25, 0.3) is 0 Å². The predicted octanol–water partition coefficient (Wildman–Crippen LogP) is 0.871. The molecule has 1 rings (SSSR count). The number of nitrogens with two attached hydrogens (primary N) is 1. The van der Waals surface area contributed by atoms with Crippen molar-refractivity contribution in [1.29, 1.82) is 0 Å². The third-order valence-corrected chi connectivity index (χ3v) is 2.39. The van der Waals surface area contributed by atoms with E-state index in [-0.39, 0.29) is 11.4 Å². The minimum absolute atomic E-state index is 0.223. The Morgan fingerprint density at radius 2 is 2.40 bits per heavy atom. The van der Waals surface area contributed by atoms with E-state index in [0.717, 1.165) is 18.8 Å². The quantitative estimate of drug-likeness (QED) is 0.430. The molecule has 5 nitrogen and oxygen atoms in total. The van der Waals surface area contributed by atoms with Crippen LogP contribution in [-0.4, -0.2) is 28.9 Å². The van der Waals surface area contributed by atoms with Crippen LogP contribution in [0, 0.1) is 0 Å². The average molecular weight is 229 g/mol. The minimum Gasteiger partial charge on any atom is -0.383 e. The average Bonchev–Trinajstić information content (AvgIpc) is 2.16. The van der Waals surface area contributed by atoms with Gasteiger partial charge < -0.3 is 15.5 Å². The van der Waals surface area contributed by atoms with Gasteiger partial charge in [0.2, 0.25) is 0 Å². The second-order valence-corrected chi connectivity index (χ2v) is 4.02. The molecule has 3 N–H and O–H groups in total. The van der Waals surface area contributed by atoms with Crippen molar-refractivity contribution in [2.75, 3.05) is 24.7 Å². The van der Waals surface area contributed by atoms with E-state index in [1.165, 1.54) is 17.8 Å². The zero-order valence-corrected chi connectivity index (χ0v) is 9.47. The van der Waals surface area contributed by atoms with Gasteiger partial charge in [-0.15, -0.1) is 0 Å². The highest BCUT2D eigenvalue weighted by Gasteiger charge is 1.99. The van der Waals surface area contributed by atoms with E-state index in [1.807, 2.05) is 0 Å². The number of nitrogen functional groups attached to an aromatic ring is 1. The van der Waals surface area contributed by atoms with Crippen LogP contribution in [0.15, 0.2) is 16.0 Å². The fourth-order valence-corrected chi connectivity index (χ4v) is 1.70. The number of hydrogen-bond acceptors (Lipinski definition) is 5. The van der Waals surface area contributed by atoms with Crippen molar-refractivity contribution in [2.45, 2.75) is 18.5 Å². The summed E-state index contributed by atoms with van der Waals surface area (Å²) in [5, 5.41) is 0.542. The third kappa shape index (κ3) is 4.85. The van der Waals surface area contributed by atoms with E-state index in [4.69, 9.17) is 10.5 Å². The van der Waals surface area contributed by atoms with E-state index in [2.05, 4.69) is 16.9 Å². The smallest absolute Gasteiger partial charge is 0.253 e. The van der Waals surface area contributed by atoms with Gasteiger partial charge >= 0.3 is 0 Å². The first-order valence-corrected chi connectivity index (χ1v) is 5.78. The van der Waals surface area contributed by atoms with Gasteiger partial charge in [0.15, 0.2) is 5.16 Å². The van der Waals surface area contributed by atoms with Crippen LogP contribution >= 0.6 is 11.8 Å². The molecule has 0 bridgehead atoms. The lowest BCUT2D eigenvalue weighted by atomic mass is 10.5. The number of rotatable bonds is 6. The zero-order valence-electron chi connectivity index (χ0n) is 8.66. The number of H-pyrrole nitrogens is 1. The summed E-state index contributed by atoms with van der Waals surface area (Å²) in [4.78, 5) is 17.6. The van der Waals surface area contributed by atoms with Crippen molar-refractivity contribution in [3.8, 4) is 0 Å². The van der Waals surface area contributed by atoms with Crippen LogP contribution in [-0.2, 0) is 4.74 Å². The number of hydrogen-bond donors (Lipinski definition) is 2. The van der Waals surface area contributed by atoms with Gasteiger partial charge in [0.25, 0.3) is 5.56 Å². The van der Waals surface area contributed by atoms with Gasteiger partial charge in [-0.25, -0.2) is 4.98 Å². The Kier molecular flexibility index (Phi) is 5.20. The number of nitrogens with zero attached hydrogens (tertiary/aromatic N) is 1. The molecule has 0 aromatic carbocycles. The molecule has 0 atom stereocenters. The van der Waals surface area contributed by atoms with Crippen molar-refractivity contribution in [3.63, 3.8) is 0 Å². The molecule has 0 aliphatic rings. The standard InChI is InChI=1S/C9H15N3O2S/c1-2-3-14-4-5-15-9-11-7(10)6-8(13)12-9/h6H,2-5H2,1H3,(H3,10,11,12,13). The van der Waals surface area contributed by atoms with Crippen molar-refractivity contribution < 1.29 is 4.74 Å². The van der Waals surface area contributed by atoms with Crippen LogP contribution in [0.4, 0.5) is 5.82 Å². The highest BCUT2D eigenvalue weighted by Crippen LogP contribution is 2.11. The summed E-state index contributed by atoms with van der Waals surface area (Å²) in [5.41, 5.74) is 5.21. The van der Waals surface area contributed by atoms with E-state index in [0.29, 0.717) is 11.8 Å². The predicted molar refractivity (Wildman–Crippen MR) is 61.1 cm³/mol. The molecule has 15 heavy (non-hydrogen) atoms. The van der Waals surface area contributed by atoms with Crippen molar-refractivity contribution in [3.05, 3.63) is 16.4 Å². The molecule has 0 radical (unpaired) electrons. The maximum atomic E-state index is 11.0. The summed E-state index contributed by atoms with van der Waals surface area (Å²) in [6, 6.07) is 1.26. The van der Waals surface area contributed by atoms with Gasteiger partial charge in [0.05, 0.1) is 6.61 Å². The molecule has 0 unspecified atom stereocenters. The van der Waals surface area contributed by atoms with Crippen molar-refractivity contribution in [1.82, 2.24) is 9.97 Å². The lowest BCUT2D eigenvalue weighted by molar-refractivity contribution is 0.151. The molecule has 0 spiro atoms. The Morgan fingerprint density at radius 3 is 3.07 bits per heavy atom. The SMILES string of the molecule is CCCOCCSc1nc(N)cc(=O)[nH]1. The first kappa shape index (κ1) is 12.1. The molecule has 0 amide bonds. The molecule has 1 aromatic heterocycles. The van der Waals surface area contributed by atoms with E-state index in [1.54, 1.807) is 0 Å². The first-order valence-electron chi connectivity index (χ1n) is 4.79. The molecular formula is C9H15N3O2S. The van der Waals surface area contributed by atoms with Crippen molar-refractivity contribution in [2.24, 2.45) is 0 Å². The summed E-state index contributed by atoms with van der Waals surface area (Å²) in [6.07, 6.45) is 1.01. The fourth-order valence-electron chi connectivity index (χ4n) is 0.965. The summed E-state index contributed by atoms with van der Waals surface area (Å²) in [6.45, 7) is 3.47. The number of ether oxygens (including phenoxy) is 1. The molecule has 0 saturated carbocycles. The topological polar surface area (TPSA) is 81.0 Å². The molecule has 1 heterocycles. The molecule has 0 saturated heterocycles. The van der Waals surface area contributed by atoms with Crippen LogP contribution in [0.2, 0.25) is 0 Å². The Labute approximate surface area is 92.4 Å². The van der Waals surface area contributed by atoms with Gasteiger partial charge in [0.1, 0.15) is 5.82 Å². The monoisotopic (exact) mass is 229 g/mol. The molecule has 6 heteroatoms. The van der Waals surface area contributed by atoms with Gasteiger partial charge in [-0.05, 0) is 6.42 Å². The lowest BCUT2D eigenvalue weighted by Crippen LogP contribution is -2.10. The Hall–Kier alpha value is -1.01. The molecule has 84 valence electrons. The Balaban J connectivity index is 2.34. The third-order valence-electron chi connectivity index (χ3n) is 1.55. The van der Waals surface area contributed by atoms with Crippen LogP contribution in [0.3, 0.4) is 0 Å². The lowest BCUT2D eigenvalue weighted by Gasteiger charge is -2.02. The largest absolute Gasteiger partial charge is 0.383 e. The fraction of sp³-hybridized carbons (Fsp3) is 0.556. The second kappa shape index (κ2) is 6.47. The van der Waals surface area contributed by atoms with E-state index >= 15 is 0 Å². The Bertz CT molecular complexity index is 353. The number of aromatic nitrogens is 2. The molecule has 0 aliphatic carbocycles. The van der Waals surface area contributed by atoms with Crippen LogP contribution in [0.1, 0.15) is 13.3 Å². The van der Waals surface area contributed by atoms with E-state index in [9.17, 15) is 4.79 Å². The summed E-state index contributed by atoms with van der Waals surface area (Å²) >= 11 is 1.43. The number of nitrogens with one attached hydrogen (secondary N) is 1. The minimum atomic E-state index is -0.223. The van der Waals surface area contributed by atoms with Gasteiger partial charge in [-0.2, -0.15) is 0 Å². The van der Waals surface area contributed by atoms with Crippen LogP contribution < -0.4 is 11.3 Å². The van der Waals surface area contributed by atoms with Gasteiger partial charge in [-0.1, -0.05) is 18.7 Å². The van der Waals surface area contributed by atoms with Crippen LogP contribution in [0.5, 0.6) is 0 Å². The zero-order chi connectivity index (χ0) is 11.1. The number of aromatic amines is 1. The molecular weight excluding hydrogens is 214 g/mol. The van der Waals surface area contributed by atoms with Crippen molar-refractivity contribution >= 4 is 17.6 Å². The first-order chi connectivity index (χ1) is 7.22. The van der Waals surface area contributed by atoms with E-state index < -0.39 is 0 Å². The summed E-state index contributed by atoms with van der Waals surface area (Å²) < 4.78 is 5.29. The summed E-state index contributed by atoms with van der Waals surface area (Å²) in [7, 11) is 0. The van der Waals surface area contributed by atoms with Gasteiger partial charge in [0, 0.05) is 18.4 Å². The number of thioether (sulfide) groups is 1. The highest BCUT2D eigenvalue weighted by molar-refractivity contribution is 7.99. The normalized spacial score (nSPS) is 10.5. The second-order valence-electron chi connectivity index (χ2n) is 2.94. The highest BCUT2D eigenvalue weighted by atomic mass is 32.2. The number of anilines is 1. The molecule has 0 aliphatic heterocycles. The maximum Gasteiger partial charge on any atom is 0.253 e. The maximum absolute atomic E-state index is 11.0.